The number of hydrogen-bond donors (Lipinski definition) is 0. The highest BCUT2D eigenvalue weighted by Gasteiger charge is 2.23. The standard InChI is InChI=1S/C13H18O2/c1-13(2,3)10-6-4-7-11-12(10)15-9-5-8-14-11/h4,6-7H,5,8-9H2,1-3H3. The molecule has 0 unspecified atom stereocenters. The molecule has 1 aliphatic heterocycles. The highest BCUT2D eigenvalue weighted by Crippen LogP contribution is 2.39. The summed E-state index contributed by atoms with van der Waals surface area (Å²) >= 11 is 0. The summed E-state index contributed by atoms with van der Waals surface area (Å²) in [7, 11) is 0. The van der Waals surface area contributed by atoms with E-state index in [1.807, 2.05) is 12.1 Å². The molecule has 0 spiro atoms. The largest absolute Gasteiger partial charge is 0.490 e. The van der Waals surface area contributed by atoms with E-state index in [-0.39, 0.29) is 5.41 Å². The second-order valence-corrected chi connectivity index (χ2v) is 4.93. The number of hydrogen-bond acceptors (Lipinski definition) is 2. The van der Waals surface area contributed by atoms with Crippen molar-refractivity contribution in [2.45, 2.75) is 32.6 Å². The van der Waals surface area contributed by atoms with E-state index in [1.54, 1.807) is 0 Å². The highest BCUT2D eigenvalue weighted by atomic mass is 16.5. The molecule has 0 aliphatic carbocycles. The zero-order valence-electron chi connectivity index (χ0n) is 9.67. The van der Waals surface area contributed by atoms with Crippen LogP contribution in [-0.2, 0) is 5.41 Å². The minimum Gasteiger partial charge on any atom is -0.490 e. The molecule has 2 heteroatoms. The van der Waals surface area contributed by atoms with Crippen LogP contribution in [0.3, 0.4) is 0 Å². The molecular formula is C13H18O2. The van der Waals surface area contributed by atoms with Crippen molar-refractivity contribution in [3.63, 3.8) is 0 Å². The topological polar surface area (TPSA) is 18.5 Å². The Labute approximate surface area is 91.2 Å². The molecule has 0 amide bonds. The smallest absolute Gasteiger partial charge is 0.164 e. The molecule has 82 valence electrons. The Bertz CT molecular complexity index is 350. The van der Waals surface area contributed by atoms with E-state index < -0.39 is 0 Å². The summed E-state index contributed by atoms with van der Waals surface area (Å²) in [5, 5.41) is 0. The van der Waals surface area contributed by atoms with Crippen molar-refractivity contribution < 1.29 is 9.47 Å². The predicted molar refractivity (Wildman–Crippen MR) is 60.7 cm³/mol. The first kappa shape index (κ1) is 10.3. The summed E-state index contributed by atoms with van der Waals surface area (Å²) < 4.78 is 11.4. The Kier molecular flexibility index (Phi) is 2.59. The SMILES string of the molecule is CC(C)(C)c1cccc2c1OCCCO2. The summed E-state index contributed by atoms with van der Waals surface area (Å²) in [6.45, 7) is 8.07. The lowest BCUT2D eigenvalue weighted by Gasteiger charge is -2.23. The maximum atomic E-state index is 5.78. The molecule has 1 heterocycles. The van der Waals surface area contributed by atoms with Crippen molar-refractivity contribution in [2.75, 3.05) is 13.2 Å². The van der Waals surface area contributed by atoms with Gasteiger partial charge in [0.2, 0.25) is 0 Å². The lowest BCUT2D eigenvalue weighted by molar-refractivity contribution is 0.294. The quantitative estimate of drug-likeness (QED) is 0.649. The third kappa shape index (κ3) is 2.09. The van der Waals surface area contributed by atoms with Crippen molar-refractivity contribution in [3.05, 3.63) is 23.8 Å². The Balaban J connectivity index is 2.48. The predicted octanol–water partition coefficient (Wildman–Crippen LogP) is 3.15. The van der Waals surface area contributed by atoms with Crippen LogP contribution in [0.25, 0.3) is 0 Å². The molecule has 2 nitrogen and oxygen atoms in total. The second-order valence-electron chi connectivity index (χ2n) is 4.93. The van der Waals surface area contributed by atoms with Crippen molar-refractivity contribution in [3.8, 4) is 11.5 Å². The van der Waals surface area contributed by atoms with E-state index in [1.165, 1.54) is 5.56 Å². The van der Waals surface area contributed by atoms with Crippen LogP contribution in [0.5, 0.6) is 11.5 Å². The first-order valence-corrected chi connectivity index (χ1v) is 5.48. The maximum Gasteiger partial charge on any atom is 0.164 e. The van der Waals surface area contributed by atoms with Crippen LogP contribution in [0.1, 0.15) is 32.8 Å². The number of para-hydroxylation sites is 1. The summed E-state index contributed by atoms with van der Waals surface area (Å²) in [6.07, 6.45) is 0.957. The average molecular weight is 206 g/mol. The van der Waals surface area contributed by atoms with E-state index in [0.29, 0.717) is 0 Å². The van der Waals surface area contributed by atoms with Crippen LogP contribution < -0.4 is 9.47 Å². The van der Waals surface area contributed by atoms with E-state index in [4.69, 9.17) is 9.47 Å². The fourth-order valence-electron chi connectivity index (χ4n) is 1.78. The molecule has 0 saturated heterocycles. The van der Waals surface area contributed by atoms with Gasteiger partial charge in [0.25, 0.3) is 0 Å². The molecule has 1 aromatic carbocycles. The molecule has 1 aromatic rings. The van der Waals surface area contributed by atoms with E-state index in [9.17, 15) is 0 Å². The Morgan fingerprint density at radius 1 is 1.07 bits per heavy atom. The normalized spacial score (nSPS) is 15.9. The van der Waals surface area contributed by atoms with Crippen LogP contribution in [-0.4, -0.2) is 13.2 Å². The molecule has 0 saturated carbocycles. The molecule has 15 heavy (non-hydrogen) atoms. The van der Waals surface area contributed by atoms with Crippen LogP contribution in [0.2, 0.25) is 0 Å². The second kappa shape index (κ2) is 3.76. The van der Waals surface area contributed by atoms with Crippen molar-refractivity contribution in [1.29, 1.82) is 0 Å². The van der Waals surface area contributed by atoms with Gasteiger partial charge in [-0.25, -0.2) is 0 Å². The average Bonchev–Trinajstić information content (AvgIpc) is 2.39. The lowest BCUT2D eigenvalue weighted by Crippen LogP contribution is -2.13. The maximum absolute atomic E-state index is 5.78. The van der Waals surface area contributed by atoms with Gasteiger partial charge >= 0.3 is 0 Å². The third-order valence-corrected chi connectivity index (χ3v) is 2.58. The summed E-state index contributed by atoms with van der Waals surface area (Å²) in [5.74, 6) is 1.82. The number of ether oxygens (including phenoxy) is 2. The fourth-order valence-corrected chi connectivity index (χ4v) is 1.78. The van der Waals surface area contributed by atoms with Crippen LogP contribution in [0.4, 0.5) is 0 Å². The molecular weight excluding hydrogens is 188 g/mol. The lowest BCUT2D eigenvalue weighted by atomic mass is 9.86. The van der Waals surface area contributed by atoms with Crippen molar-refractivity contribution >= 4 is 0 Å². The van der Waals surface area contributed by atoms with Gasteiger partial charge in [-0.2, -0.15) is 0 Å². The minimum atomic E-state index is 0.0963. The molecule has 2 rings (SSSR count). The molecule has 0 fully saturated rings. The minimum absolute atomic E-state index is 0.0963. The van der Waals surface area contributed by atoms with Gasteiger partial charge in [-0.15, -0.1) is 0 Å². The van der Waals surface area contributed by atoms with Gasteiger partial charge in [-0.3, -0.25) is 0 Å². The van der Waals surface area contributed by atoms with E-state index in [0.717, 1.165) is 31.1 Å². The zero-order valence-corrected chi connectivity index (χ0v) is 9.67. The zero-order chi connectivity index (χ0) is 10.9. The first-order chi connectivity index (χ1) is 7.09. The van der Waals surface area contributed by atoms with Gasteiger partial charge in [0, 0.05) is 12.0 Å². The fraction of sp³-hybridized carbons (Fsp3) is 0.538. The van der Waals surface area contributed by atoms with E-state index >= 15 is 0 Å². The summed E-state index contributed by atoms with van der Waals surface area (Å²) in [5.41, 5.74) is 1.32. The van der Waals surface area contributed by atoms with Crippen LogP contribution in [0.15, 0.2) is 18.2 Å². The monoisotopic (exact) mass is 206 g/mol. The molecule has 0 radical (unpaired) electrons. The van der Waals surface area contributed by atoms with Gasteiger partial charge in [-0.05, 0) is 11.5 Å². The number of fused-ring (bicyclic) bond motifs is 1. The Hall–Kier alpha value is -1.18. The molecule has 0 aromatic heterocycles. The molecule has 0 bridgehead atoms. The van der Waals surface area contributed by atoms with Gasteiger partial charge in [0.05, 0.1) is 13.2 Å². The van der Waals surface area contributed by atoms with Gasteiger partial charge in [0.15, 0.2) is 11.5 Å². The number of rotatable bonds is 0. The molecule has 0 atom stereocenters. The molecule has 0 N–H and O–H groups in total. The number of benzene rings is 1. The molecule has 1 aliphatic rings. The summed E-state index contributed by atoms with van der Waals surface area (Å²) in [6, 6.07) is 6.14. The van der Waals surface area contributed by atoms with Gasteiger partial charge < -0.3 is 9.47 Å². The first-order valence-electron chi connectivity index (χ1n) is 5.48. The highest BCUT2D eigenvalue weighted by molar-refractivity contribution is 5.49. The van der Waals surface area contributed by atoms with Crippen LogP contribution >= 0.6 is 0 Å². The van der Waals surface area contributed by atoms with Gasteiger partial charge in [-0.1, -0.05) is 32.9 Å². The Morgan fingerprint density at radius 2 is 1.80 bits per heavy atom. The van der Waals surface area contributed by atoms with Crippen molar-refractivity contribution in [2.24, 2.45) is 0 Å². The van der Waals surface area contributed by atoms with Crippen LogP contribution in [0, 0.1) is 0 Å². The van der Waals surface area contributed by atoms with Gasteiger partial charge in [0.1, 0.15) is 0 Å². The van der Waals surface area contributed by atoms with E-state index in [2.05, 4.69) is 26.8 Å². The third-order valence-electron chi connectivity index (χ3n) is 2.58. The summed E-state index contributed by atoms with van der Waals surface area (Å²) in [4.78, 5) is 0. The Morgan fingerprint density at radius 3 is 2.53 bits per heavy atom. The van der Waals surface area contributed by atoms with Crippen molar-refractivity contribution in [1.82, 2.24) is 0 Å².